The van der Waals surface area contributed by atoms with Gasteiger partial charge in [0.2, 0.25) is 0 Å². The number of nitrogens with one attached hydrogen (secondary N) is 1. The van der Waals surface area contributed by atoms with Crippen LogP contribution in [0, 0.1) is 0 Å². The summed E-state index contributed by atoms with van der Waals surface area (Å²) in [7, 11) is 0. The minimum Gasteiger partial charge on any atom is -0.362 e. The summed E-state index contributed by atoms with van der Waals surface area (Å²) in [5.41, 5.74) is 0.413. The first-order valence-corrected chi connectivity index (χ1v) is 5.77. The number of carbonyl (C=O) groups is 1. The number of nitrogens with zero attached hydrogens (tertiary/aromatic N) is 2. The fourth-order valence-corrected chi connectivity index (χ4v) is 1.98. The quantitative estimate of drug-likeness (QED) is 0.787. The molecule has 4 nitrogen and oxygen atoms in total. The van der Waals surface area contributed by atoms with Crippen LogP contribution in [0.5, 0.6) is 0 Å². The van der Waals surface area contributed by atoms with E-state index in [9.17, 15) is 13.6 Å². The summed E-state index contributed by atoms with van der Waals surface area (Å²) >= 11 is 0. The molecule has 0 bridgehead atoms. The van der Waals surface area contributed by atoms with Crippen molar-refractivity contribution in [3.8, 4) is 0 Å². The Hall–Kier alpha value is -1.33. The van der Waals surface area contributed by atoms with Crippen molar-refractivity contribution in [1.29, 1.82) is 0 Å². The zero-order valence-corrected chi connectivity index (χ0v) is 10.0. The molecule has 0 atom stereocenters. The smallest absolute Gasteiger partial charge is 0.271 e. The molecule has 0 saturated carbocycles. The third-order valence-corrected chi connectivity index (χ3v) is 3.10. The fourth-order valence-electron chi connectivity index (χ4n) is 1.98. The van der Waals surface area contributed by atoms with Crippen LogP contribution in [0.15, 0.2) is 11.9 Å². The van der Waals surface area contributed by atoms with Gasteiger partial charge in [-0.25, -0.2) is 8.78 Å². The number of hydrogen-bond acceptors (Lipinski definition) is 3. The van der Waals surface area contributed by atoms with Gasteiger partial charge >= 0.3 is 0 Å². The Morgan fingerprint density at radius 1 is 1.53 bits per heavy atom. The van der Waals surface area contributed by atoms with Gasteiger partial charge in [-0.2, -0.15) is 0 Å². The third kappa shape index (κ3) is 2.50. The molecule has 2 rings (SSSR count). The highest BCUT2D eigenvalue weighted by Crippen LogP contribution is 2.27. The Balaban J connectivity index is 2.00. The van der Waals surface area contributed by atoms with Crippen LogP contribution in [0.3, 0.4) is 0 Å². The lowest BCUT2D eigenvalue weighted by molar-refractivity contribution is -0.127. The summed E-state index contributed by atoms with van der Waals surface area (Å²) in [5.74, 6) is -3.06. The van der Waals surface area contributed by atoms with Crippen molar-refractivity contribution in [2.45, 2.75) is 32.2 Å². The van der Waals surface area contributed by atoms with Crippen molar-refractivity contribution in [2.75, 3.05) is 19.8 Å². The van der Waals surface area contributed by atoms with Crippen LogP contribution < -0.4 is 5.32 Å². The van der Waals surface area contributed by atoms with Gasteiger partial charge in [-0.1, -0.05) is 0 Å². The highest BCUT2D eigenvalue weighted by atomic mass is 19.3. The van der Waals surface area contributed by atoms with Crippen LogP contribution in [0.1, 0.15) is 20.3 Å². The molecule has 96 valence electrons. The summed E-state index contributed by atoms with van der Waals surface area (Å²) in [6.07, 6.45) is 1.48. The van der Waals surface area contributed by atoms with Crippen LogP contribution in [-0.4, -0.2) is 47.4 Å². The van der Waals surface area contributed by atoms with Gasteiger partial charge in [0.05, 0.1) is 13.2 Å². The van der Waals surface area contributed by atoms with E-state index in [4.69, 9.17) is 0 Å². The van der Waals surface area contributed by atoms with Crippen LogP contribution in [0.4, 0.5) is 8.78 Å². The van der Waals surface area contributed by atoms with E-state index in [1.165, 1.54) is 4.90 Å². The highest BCUT2D eigenvalue weighted by Gasteiger charge is 2.41. The van der Waals surface area contributed by atoms with Gasteiger partial charge in [-0.3, -0.25) is 4.79 Å². The number of rotatable bonds is 2. The molecule has 2 aliphatic heterocycles. The average Bonchev–Trinajstić information content (AvgIpc) is 2.83. The Bertz CT molecular complexity index is 355. The van der Waals surface area contributed by atoms with Gasteiger partial charge in [-0.05, 0) is 13.8 Å². The lowest BCUT2D eigenvalue weighted by Gasteiger charge is -2.18. The number of amides is 1. The summed E-state index contributed by atoms with van der Waals surface area (Å²) in [6.45, 7) is 4.24. The minimum absolute atomic E-state index is 0.131. The lowest BCUT2D eigenvalue weighted by Crippen LogP contribution is -2.35. The molecule has 0 aromatic heterocycles. The molecule has 2 aliphatic rings. The van der Waals surface area contributed by atoms with Gasteiger partial charge in [0.25, 0.3) is 11.8 Å². The Morgan fingerprint density at radius 3 is 2.71 bits per heavy atom. The van der Waals surface area contributed by atoms with E-state index in [2.05, 4.69) is 5.32 Å². The highest BCUT2D eigenvalue weighted by molar-refractivity contribution is 5.93. The van der Waals surface area contributed by atoms with Crippen molar-refractivity contribution in [1.82, 2.24) is 15.1 Å². The summed E-state index contributed by atoms with van der Waals surface area (Å²) in [5, 5.41) is 2.94. The maximum atomic E-state index is 13.0. The van der Waals surface area contributed by atoms with Gasteiger partial charge in [0, 0.05) is 25.2 Å². The number of alkyl halides is 2. The van der Waals surface area contributed by atoms with E-state index >= 15 is 0 Å². The number of halogens is 2. The van der Waals surface area contributed by atoms with Crippen LogP contribution in [0.2, 0.25) is 0 Å². The Kier molecular flexibility index (Phi) is 2.97. The van der Waals surface area contributed by atoms with Crippen molar-refractivity contribution >= 4 is 5.91 Å². The predicted molar refractivity (Wildman–Crippen MR) is 59.2 cm³/mol. The Labute approximate surface area is 99.2 Å². The number of likely N-dealkylation sites (tertiary alicyclic amines) is 1. The molecule has 0 unspecified atom stereocenters. The number of hydrogen-bond donors (Lipinski definition) is 1. The van der Waals surface area contributed by atoms with Gasteiger partial charge in [0.1, 0.15) is 5.70 Å². The van der Waals surface area contributed by atoms with E-state index in [1.54, 1.807) is 6.20 Å². The van der Waals surface area contributed by atoms with Crippen LogP contribution >= 0.6 is 0 Å². The maximum absolute atomic E-state index is 13.0. The molecular weight excluding hydrogens is 228 g/mol. The predicted octanol–water partition coefficient (Wildman–Crippen LogP) is 0.966. The second kappa shape index (κ2) is 4.16. The summed E-state index contributed by atoms with van der Waals surface area (Å²) in [6, 6.07) is 0.285. The molecule has 2 heterocycles. The first-order valence-electron chi connectivity index (χ1n) is 5.77. The molecular formula is C11H17F2N3O. The standard InChI is InChI=1S/C11H17F2N3O/c1-8(2)16-5-9(14-7-16)10(17)15-4-3-11(12,13)6-15/h5,8,14H,3-4,6-7H2,1-2H3. The van der Waals surface area contributed by atoms with Crippen molar-refractivity contribution in [3.05, 3.63) is 11.9 Å². The largest absolute Gasteiger partial charge is 0.362 e. The normalized spacial score (nSPS) is 23.0. The third-order valence-electron chi connectivity index (χ3n) is 3.10. The summed E-state index contributed by atoms with van der Waals surface area (Å²) in [4.78, 5) is 15.1. The van der Waals surface area contributed by atoms with E-state index < -0.39 is 12.5 Å². The molecule has 1 N–H and O–H groups in total. The van der Waals surface area contributed by atoms with Crippen molar-refractivity contribution < 1.29 is 13.6 Å². The summed E-state index contributed by atoms with van der Waals surface area (Å²) < 4.78 is 26.0. The Morgan fingerprint density at radius 2 is 2.24 bits per heavy atom. The molecule has 0 spiro atoms. The van der Waals surface area contributed by atoms with Crippen LogP contribution in [0.25, 0.3) is 0 Å². The molecule has 0 radical (unpaired) electrons. The lowest BCUT2D eigenvalue weighted by atomic mass is 10.3. The van der Waals surface area contributed by atoms with Gasteiger partial charge in [0.15, 0.2) is 0 Å². The molecule has 0 aromatic carbocycles. The molecule has 1 saturated heterocycles. The van der Waals surface area contributed by atoms with E-state index in [1.807, 2.05) is 18.7 Å². The van der Waals surface area contributed by atoms with E-state index in [0.717, 1.165) is 0 Å². The second-order valence-corrected chi connectivity index (χ2v) is 4.82. The molecule has 0 aromatic rings. The van der Waals surface area contributed by atoms with E-state index in [-0.39, 0.29) is 24.9 Å². The molecule has 6 heteroatoms. The average molecular weight is 245 g/mol. The fraction of sp³-hybridized carbons (Fsp3) is 0.727. The molecule has 1 amide bonds. The monoisotopic (exact) mass is 245 g/mol. The first kappa shape index (κ1) is 12.1. The maximum Gasteiger partial charge on any atom is 0.271 e. The topological polar surface area (TPSA) is 35.6 Å². The molecule has 0 aliphatic carbocycles. The van der Waals surface area contributed by atoms with Crippen LogP contribution in [-0.2, 0) is 4.79 Å². The molecule has 17 heavy (non-hydrogen) atoms. The van der Waals surface area contributed by atoms with Crippen molar-refractivity contribution in [2.24, 2.45) is 0 Å². The SMILES string of the molecule is CC(C)N1C=C(C(=O)N2CCC(F)(F)C2)NC1. The first-order chi connectivity index (χ1) is 7.89. The number of carbonyl (C=O) groups excluding carboxylic acids is 1. The van der Waals surface area contributed by atoms with E-state index in [0.29, 0.717) is 12.4 Å². The van der Waals surface area contributed by atoms with Gasteiger partial charge in [-0.15, -0.1) is 0 Å². The van der Waals surface area contributed by atoms with Crippen molar-refractivity contribution in [3.63, 3.8) is 0 Å². The van der Waals surface area contributed by atoms with Gasteiger partial charge < -0.3 is 15.1 Å². The minimum atomic E-state index is -2.73. The molecule has 1 fully saturated rings. The second-order valence-electron chi connectivity index (χ2n) is 4.82. The zero-order valence-electron chi connectivity index (χ0n) is 10.0. The zero-order chi connectivity index (χ0) is 12.6.